The average molecular weight is 466 g/mol. The largest absolute Gasteiger partial charge is 0.494 e. The molecule has 0 amide bonds. The number of fused-ring (bicyclic) bond motifs is 1. The Hall–Kier alpha value is -3.79. The van der Waals surface area contributed by atoms with Crippen LogP contribution in [0.1, 0.15) is 0 Å². The lowest BCUT2D eigenvalue weighted by molar-refractivity contribution is 0.313. The molecule has 0 bridgehead atoms. The number of aromatic amines is 1. The van der Waals surface area contributed by atoms with Crippen molar-refractivity contribution in [1.82, 2.24) is 25.1 Å². The first-order valence-corrected chi connectivity index (χ1v) is 10.9. The zero-order chi connectivity index (χ0) is 23.8. The summed E-state index contributed by atoms with van der Waals surface area (Å²) in [6.07, 6.45) is 1.51. The third-order valence-electron chi connectivity index (χ3n) is 6.13. The number of H-pyrrole nitrogens is 1. The van der Waals surface area contributed by atoms with Gasteiger partial charge in [-0.25, -0.2) is 18.7 Å². The molecule has 8 nitrogen and oxygen atoms in total. The lowest BCUT2D eigenvalue weighted by Gasteiger charge is -2.34. The van der Waals surface area contributed by atoms with Gasteiger partial charge in [0.05, 0.1) is 30.9 Å². The molecule has 0 atom stereocenters. The first kappa shape index (κ1) is 22.0. The predicted octanol–water partition coefficient (Wildman–Crippen LogP) is 3.73. The number of nitrogens with one attached hydrogen (secondary N) is 1. The number of benzene rings is 2. The number of halogens is 2. The highest BCUT2D eigenvalue weighted by Gasteiger charge is 2.24. The Morgan fingerprint density at radius 1 is 0.941 bits per heavy atom. The molecule has 1 fully saturated rings. The molecule has 1 aliphatic heterocycles. The summed E-state index contributed by atoms with van der Waals surface area (Å²) in [5.41, 5.74) is 2.67. The summed E-state index contributed by atoms with van der Waals surface area (Å²) in [5, 5.41) is 7.87. The molecule has 0 spiro atoms. The third kappa shape index (κ3) is 3.79. The van der Waals surface area contributed by atoms with E-state index in [-0.39, 0.29) is 17.3 Å². The Balaban J connectivity index is 1.49. The van der Waals surface area contributed by atoms with Gasteiger partial charge < -0.3 is 19.3 Å². The van der Waals surface area contributed by atoms with Gasteiger partial charge in [0.2, 0.25) is 0 Å². The van der Waals surface area contributed by atoms with Gasteiger partial charge >= 0.3 is 0 Å². The van der Waals surface area contributed by atoms with Crippen molar-refractivity contribution in [1.29, 1.82) is 0 Å². The fourth-order valence-corrected chi connectivity index (χ4v) is 4.13. The van der Waals surface area contributed by atoms with Crippen LogP contribution >= 0.6 is 0 Å². The van der Waals surface area contributed by atoms with Crippen LogP contribution in [0.15, 0.2) is 36.5 Å². The number of rotatable bonds is 5. The number of anilines is 1. The Morgan fingerprint density at radius 3 is 2.21 bits per heavy atom. The normalized spacial score (nSPS) is 14.6. The van der Waals surface area contributed by atoms with Crippen molar-refractivity contribution in [3.63, 3.8) is 0 Å². The lowest BCUT2D eigenvalue weighted by Crippen LogP contribution is -2.44. The van der Waals surface area contributed by atoms with E-state index in [0.717, 1.165) is 49.2 Å². The van der Waals surface area contributed by atoms with Crippen LogP contribution in [0.2, 0.25) is 0 Å². The van der Waals surface area contributed by atoms with E-state index in [0.29, 0.717) is 11.0 Å². The smallest absolute Gasteiger partial charge is 0.185 e. The van der Waals surface area contributed by atoms with Crippen molar-refractivity contribution >= 4 is 16.7 Å². The summed E-state index contributed by atoms with van der Waals surface area (Å²) < 4.78 is 39.8. The van der Waals surface area contributed by atoms with Gasteiger partial charge in [-0.15, -0.1) is 0 Å². The molecule has 5 rings (SSSR count). The van der Waals surface area contributed by atoms with E-state index >= 15 is 0 Å². The summed E-state index contributed by atoms with van der Waals surface area (Å²) in [6.45, 7) is 4.04. The second kappa shape index (κ2) is 8.86. The van der Waals surface area contributed by atoms with Gasteiger partial charge in [-0.2, -0.15) is 5.10 Å². The highest BCUT2D eigenvalue weighted by molar-refractivity contribution is 5.91. The number of methoxy groups -OCH3 is 2. The Labute approximate surface area is 195 Å². The van der Waals surface area contributed by atoms with E-state index in [2.05, 4.69) is 49.1 Å². The van der Waals surface area contributed by atoms with E-state index in [1.807, 2.05) is 12.1 Å². The number of nitrogens with zero attached hydrogens (tertiary/aromatic N) is 5. The zero-order valence-corrected chi connectivity index (χ0v) is 19.1. The van der Waals surface area contributed by atoms with Crippen molar-refractivity contribution in [2.24, 2.45) is 0 Å². The Kier molecular flexibility index (Phi) is 5.74. The standard InChI is InChI=1S/C24H24F2N6O2/c1-31-8-10-32(11-9-31)15-6-4-14(5-7-15)22-16-13-27-24(28-23(16)30-29-22)19-20(25)17(33-2)12-18(34-3)21(19)26/h4-7,12-13H,8-11H2,1-3H3,(H,27,28,29,30). The average Bonchev–Trinajstić information content (AvgIpc) is 3.28. The van der Waals surface area contributed by atoms with E-state index in [1.165, 1.54) is 20.4 Å². The second-order valence-electron chi connectivity index (χ2n) is 8.15. The molecule has 176 valence electrons. The number of hydrogen-bond acceptors (Lipinski definition) is 7. The van der Waals surface area contributed by atoms with Gasteiger partial charge in [0, 0.05) is 49.7 Å². The minimum atomic E-state index is -0.907. The maximum atomic E-state index is 14.9. The molecule has 0 unspecified atom stereocenters. The maximum Gasteiger partial charge on any atom is 0.185 e. The number of hydrogen-bond donors (Lipinski definition) is 1. The Bertz CT molecular complexity index is 1310. The van der Waals surface area contributed by atoms with Crippen LogP contribution in [0.4, 0.5) is 14.5 Å². The molecule has 0 saturated carbocycles. The van der Waals surface area contributed by atoms with Gasteiger partial charge in [-0.05, 0) is 19.2 Å². The molecule has 2 aromatic heterocycles. The van der Waals surface area contributed by atoms with Crippen molar-refractivity contribution in [2.75, 3.05) is 52.3 Å². The minimum Gasteiger partial charge on any atom is -0.494 e. The van der Waals surface area contributed by atoms with Crippen molar-refractivity contribution < 1.29 is 18.3 Å². The zero-order valence-electron chi connectivity index (χ0n) is 19.1. The molecule has 4 aromatic rings. The predicted molar refractivity (Wildman–Crippen MR) is 125 cm³/mol. The number of piperazine rings is 1. The molecule has 1 aliphatic rings. The maximum absolute atomic E-state index is 14.9. The molecule has 10 heteroatoms. The summed E-state index contributed by atoms with van der Waals surface area (Å²) in [7, 11) is 4.71. The highest BCUT2D eigenvalue weighted by atomic mass is 19.1. The van der Waals surface area contributed by atoms with E-state index < -0.39 is 17.2 Å². The lowest BCUT2D eigenvalue weighted by atomic mass is 10.1. The monoisotopic (exact) mass is 466 g/mol. The molecule has 0 aliphatic carbocycles. The number of likely N-dealkylation sites (N-methyl/N-ethyl adjacent to an activating group) is 1. The Morgan fingerprint density at radius 2 is 1.59 bits per heavy atom. The molecular weight excluding hydrogens is 442 g/mol. The van der Waals surface area contributed by atoms with Crippen LogP contribution in [0, 0.1) is 11.6 Å². The second-order valence-corrected chi connectivity index (χ2v) is 8.15. The summed E-state index contributed by atoms with van der Waals surface area (Å²) in [5.74, 6) is -2.30. The van der Waals surface area contributed by atoms with Crippen LogP contribution in [-0.4, -0.2) is 72.5 Å². The topological polar surface area (TPSA) is 79.4 Å². The van der Waals surface area contributed by atoms with Gasteiger partial charge in [0.25, 0.3) is 0 Å². The van der Waals surface area contributed by atoms with Crippen LogP contribution in [0.5, 0.6) is 11.5 Å². The molecule has 1 N–H and O–H groups in total. The first-order valence-electron chi connectivity index (χ1n) is 10.9. The van der Waals surface area contributed by atoms with Crippen molar-refractivity contribution in [3.8, 4) is 34.1 Å². The number of aromatic nitrogens is 4. The van der Waals surface area contributed by atoms with Crippen molar-refractivity contribution in [2.45, 2.75) is 0 Å². The minimum absolute atomic E-state index is 0.150. The summed E-state index contributed by atoms with van der Waals surface area (Å²) >= 11 is 0. The first-order chi connectivity index (χ1) is 16.5. The van der Waals surface area contributed by atoms with Crippen LogP contribution in [-0.2, 0) is 0 Å². The quantitative estimate of drug-likeness (QED) is 0.480. The molecule has 3 heterocycles. The van der Waals surface area contributed by atoms with Crippen LogP contribution in [0.3, 0.4) is 0 Å². The highest BCUT2D eigenvalue weighted by Crippen LogP contribution is 2.37. The molecule has 2 aromatic carbocycles. The fraction of sp³-hybridized carbons (Fsp3) is 0.292. The van der Waals surface area contributed by atoms with Crippen LogP contribution in [0.25, 0.3) is 33.7 Å². The fourth-order valence-electron chi connectivity index (χ4n) is 4.13. The van der Waals surface area contributed by atoms with E-state index in [4.69, 9.17) is 9.47 Å². The van der Waals surface area contributed by atoms with E-state index in [1.54, 1.807) is 0 Å². The van der Waals surface area contributed by atoms with E-state index in [9.17, 15) is 8.78 Å². The molecule has 34 heavy (non-hydrogen) atoms. The third-order valence-corrected chi connectivity index (χ3v) is 6.13. The van der Waals surface area contributed by atoms with Gasteiger partial charge in [0.1, 0.15) is 0 Å². The number of ether oxygens (including phenoxy) is 2. The molecular formula is C24H24F2N6O2. The van der Waals surface area contributed by atoms with Gasteiger partial charge in [-0.1, -0.05) is 12.1 Å². The summed E-state index contributed by atoms with van der Waals surface area (Å²) in [6, 6.07) is 9.33. The SMILES string of the molecule is COc1cc(OC)c(F)c(-c2ncc3c(-c4ccc(N5CCN(C)CC5)cc4)[nH]nc3n2)c1F. The van der Waals surface area contributed by atoms with Gasteiger partial charge in [0.15, 0.2) is 34.6 Å². The molecule has 0 radical (unpaired) electrons. The summed E-state index contributed by atoms with van der Waals surface area (Å²) in [4.78, 5) is 13.2. The van der Waals surface area contributed by atoms with Crippen LogP contribution < -0.4 is 14.4 Å². The molecule has 1 saturated heterocycles. The van der Waals surface area contributed by atoms with Gasteiger partial charge in [-0.3, -0.25) is 5.10 Å². The van der Waals surface area contributed by atoms with Crippen molar-refractivity contribution in [3.05, 3.63) is 48.2 Å².